The van der Waals surface area contributed by atoms with Crippen LogP contribution in [-0.4, -0.2) is 15.5 Å². The number of hydrogen-bond acceptors (Lipinski definition) is 5. The van der Waals surface area contributed by atoms with E-state index in [0.29, 0.717) is 5.69 Å². The standard InChI is InChI=1S/C13H13N3O3S/c1-14-20(18,19)11-7-8-12(13(9-11)16-17)15-10-5-3-2-4-6-10/h2-9,14-15H,1H3. The van der Waals surface area contributed by atoms with Gasteiger partial charge in [-0.1, -0.05) is 18.2 Å². The molecule has 2 rings (SSSR count). The Morgan fingerprint density at radius 1 is 1.05 bits per heavy atom. The molecule has 7 heteroatoms. The Bertz CT molecular complexity index is 715. The molecule has 0 fully saturated rings. The van der Waals surface area contributed by atoms with Crippen molar-refractivity contribution < 1.29 is 8.42 Å². The van der Waals surface area contributed by atoms with Gasteiger partial charge in [0, 0.05) is 5.69 Å². The van der Waals surface area contributed by atoms with Gasteiger partial charge < -0.3 is 5.32 Å². The molecule has 0 saturated carbocycles. The molecule has 2 N–H and O–H groups in total. The van der Waals surface area contributed by atoms with E-state index in [1.807, 2.05) is 30.3 Å². The highest BCUT2D eigenvalue weighted by molar-refractivity contribution is 7.89. The second-order valence-corrected chi connectivity index (χ2v) is 5.86. The summed E-state index contributed by atoms with van der Waals surface area (Å²) in [6.45, 7) is 0. The average molecular weight is 291 g/mol. The van der Waals surface area contributed by atoms with Crippen molar-refractivity contribution in [1.82, 2.24) is 4.72 Å². The summed E-state index contributed by atoms with van der Waals surface area (Å²) in [5.41, 5.74) is 1.26. The number of para-hydroxylation sites is 1. The summed E-state index contributed by atoms with van der Waals surface area (Å²) >= 11 is 0. The van der Waals surface area contributed by atoms with Crippen molar-refractivity contribution in [2.75, 3.05) is 12.4 Å². The van der Waals surface area contributed by atoms with Gasteiger partial charge in [-0.2, -0.15) is 0 Å². The Morgan fingerprint density at radius 3 is 2.35 bits per heavy atom. The van der Waals surface area contributed by atoms with E-state index < -0.39 is 10.0 Å². The Balaban J connectivity index is 2.39. The molecule has 0 atom stereocenters. The van der Waals surface area contributed by atoms with E-state index in [9.17, 15) is 13.3 Å². The third-order valence-electron chi connectivity index (χ3n) is 2.70. The van der Waals surface area contributed by atoms with Crippen LogP contribution >= 0.6 is 0 Å². The molecule has 0 aromatic heterocycles. The molecule has 0 aliphatic heterocycles. The quantitative estimate of drug-likeness (QED) is 0.829. The summed E-state index contributed by atoms with van der Waals surface area (Å²) in [5.74, 6) is 0. The minimum absolute atomic E-state index is 0.00629. The van der Waals surface area contributed by atoms with E-state index >= 15 is 0 Å². The van der Waals surface area contributed by atoms with Crippen LogP contribution < -0.4 is 10.0 Å². The number of nitroso groups, excluding NO2 is 1. The van der Waals surface area contributed by atoms with Gasteiger partial charge in [-0.05, 0) is 42.6 Å². The molecule has 0 amide bonds. The van der Waals surface area contributed by atoms with Crippen molar-refractivity contribution in [3.63, 3.8) is 0 Å². The minimum Gasteiger partial charge on any atom is -0.354 e. The second kappa shape index (κ2) is 5.81. The summed E-state index contributed by atoms with van der Waals surface area (Å²) in [4.78, 5) is 10.9. The maximum Gasteiger partial charge on any atom is 0.240 e. The van der Waals surface area contributed by atoms with Crippen LogP contribution in [0.1, 0.15) is 0 Å². The largest absolute Gasteiger partial charge is 0.354 e. The number of rotatable bonds is 5. The van der Waals surface area contributed by atoms with Crippen molar-refractivity contribution in [1.29, 1.82) is 0 Å². The first-order chi connectivity index (χ1) is 9.56. The van der Waals surface area contributed by atoms with Crippen molar-refractivity contribution in [2.45, 2.75) is 4.90 Å². The van der Waals surface area contributed by atoms with Crippen LogP contribution in [-0.2, 0) is 10.0 Å². The lowest BCUT2D eigenvalue weighted by molar-refractivity contribution is 0.588. The van der Waals surface area contributed by atoms with E-state index in [1.54, 1.807) is 0 Å². The Kier molecular flexibility index (Phi) is 4.11. The SMILES string of the molecule is CNS(=O)(=O)c1ccc(Nc2ccccc2)c(N=O)c1. The first-order valence-corrected chi connectivity index (χ1v) is 7.28. The number of hydrogen-bond donors (Lipinski definition) is 2. The van der Waals surface area contributed by atoms with Crippen molar-refractivity contribution in [2.24, 2.45) is 5.18 Å². The number of sulfonamides is 1. The van der Waals surface area contributed by atoms with Gasteiger partial charge in [-0.25, -0.2) is 13.1 Å². The van der Waals surface area contributed by atoms with Crippen LogP contribution in [0.5, 0.6) is 0 Å². The molecule has 0 heterocycles. The van der Waals surface area contributed by atoms with Crippen molar-refractivity contribution in [3.05, 3.63) is 53.4 Å². The van der Waals surface area contributed by atoms with Gasteiger partial charge in [0.1, 0.15) is 5.69 Å². The summed E-state index contributed by atoms with van der Waals surface area (Å²) in [6.07, 6.45) is 0. The molecule has 0 radical (unpaired) electrons. The zero-order valence-electron chi connectivity index (χ0n) is 10.7. The Hall–Kier alpha value is -2.25. The van der Waals surface area contributed by atoms with E-state index in [1.165, 1.54) is 25.2 Å². The third-order valence-corrected chi connectivity index (χ3v) is 4.11. The van der Waals surface area contributed by atoms with Gasteiger partial charge in [-0.3, -0.25) is 0 Å². The van der Waals surface area contributed by atoms with Crippen molar-refractivity contribution in [3.8, 4) is 0 Å². The number of anilines is 2. The average Bonchev–Trinajstić information content (AvgIpc) is 2.48. The molecule has 0 spiro atoms. The van der Waals surface area contributed by atoms with Crippen LogP contribution in [0.15, 0.2) is 58.6 Å². The molecule has 104 valence electrons. The van der Waals surface area contributed by atoms with Gasteiger partial charge in [0.15, 0.2) is 0 Å². The summed E-state index contributed by atoms with van der Waals surface area (Å²) < 4.78 is 25.5. The molecular formula is C13H13N3O3S. The Labute approximate surface area is 116 Å². The molecule has 0 aliphatic rings. The number of nitrogens with zero attached hydrogens (tertiary/aromatic N) is 1. The highest BCUT2D eigenvalue weighted by atomic mass is 32.2. The lowest BCUT2D eigenvalue weighted by Crippen LogP contribution is -2.18. The van der Waals surface area contributed by atoms with Gasteiger partial charge in [-0.15, -0.1) is 4.91 Å². The van der Waals surface area contributed by atoms with E-state index in [-0.39, 0.29) is 10.6 Å². The van der Waals surface area contributed by atoms with Crippen molar-refractivity contribution >= 4 is 27.1 Å². The van der Waals surface area contributed by atoms with E-state index in [4.69, 9.17) is 0 Å². The van der Waals surface area contributed by atoms with Crippen LogP contribution in [0.2, 0.25) is 0 Å². The van der Waals surface area contributed by atoms with Crippen LogP contribution in [0.4, 0.5) is 17.1 Å². The zero-order valence-corrected chi connectivity index (χ0v) is 11.5. The maximum atomic E-state index is 11.7. The lowest BCUT2D eigenvalue weighted by Gasteiger charge is -2.09. The first kappa shape index (κ1) is 14.2. The van der Waals surface area contributed by atoms with Gasteiger partial charge in [0.05, 0.1) is 10.6 Å². The monoisotopic (exact) mass is 291 g/mol. The third kappa shape index (κ3) is 3.01. The molecule has 20 heavy (non-hydrogen) atoms. The first-order valence-electron chi connectivity index (χ1n) is 5.80. The fraction of sp³-hybridized carbons (Fsp3) is 0.0769. The summed E-state index contributed by atoms with van der Waals surface area (Å²) in [6, 6.07) is 13.3. The maximum absolute atomic E-state index is 11.7. The molecule has 0 bridgehead atoms. The highest BCUT2D eigenvalue weighted by Gasteiger charge is 2.14. The molecule has 2 aromatic carbocycles. The van der Waals surface area contributed by atoms with Crippen LogP contribution in [0, 0.1) is 4.91 Å². The highest BCUT2D eigenvalue weighted by Crippen LogP contribution is 2.30. The molecule has 6 nitrogen and oxygen atoms in total. The smallest absolute Gasteiger partial charge is 0.240 e. The fourth-order valence-corrected chi connectivity index (χ4v) is 2.40. The molecule has 2 aromatic rings. The molecule has 0 saturated heterocycles. The number of nitrogens with one attached hydrogen (secondary N) is 2. The predicted molar refractivity (Wildman–Crippen MR) is 77.9 cm³/mol. The number of benzene rings is 2. The minimum atomic E-state index is -3.60. The van der Waals surface area contributed by atoms with Gasteiger partial charge in [0.25, 0.3) is 0 Å². The van der Waals surface area contributed by atoms with Crippen LogP contribution in [0.3, 0.4) is 0 Å². The molecule has 0 aliphatic carbocycles. The summed E-state index contributed by atoms with van der Waals surface area (Å²) in [7, 11) is -2.29. The van der Waals surface area contributed by atoms with Gasteiger partial charge >= 0.3 is 0 Å². The van der Waals surface area contributed by atoms with E-state index in [0.717, 1.165) is 5.69 Å². The molecular weight excluding hydrogens is 278 g/mol. The fourth-order valence-electron chi connectivity index (χ4n) is 1.65. The molecule has 0 unspecified atom stereocenters. The van der Waals surface area contributed by atoms with Gasteiger partial charge in [0.2, 0.25) is 10.0 Å². The van der Waals surface area contributed by atoms with E-state index in [2.05, 4.69) is 15.2 Å². The van der Waals surface area contributed by atoms with Crippen LogP contribution in [0.25, 0.3) is 0 Å². The zero-order chi connectivity index (χ0) is 14.6. The Morgan fingerprint density at radius 2 is 1.75 bits per heavy atom. The second-order valence-electron chi connectivity index (χ2n) is 3.97. The lowest BCUT2D eigenvalue weighted by atomic mass is 10.2. The normalized spacial score (nSPS) is 11.1. The summed E-state index contributed by atoms with van der Waals surface area (Å²) in [5, 5.41) is 5.88. The predicted octanol–water partition coefficient (Wildman–Crippen LogP) is 2.74. The topological polar surface area (TPSA) is 87.6 Å².